The number of carbonyl (C=O) groups is 1. The van der Waals surface area contributed by atoms with E-state index >= 15 is 0 Å². The van der Waals surface area contributed by atoms with Crippen LogP contribution in [0.15, 0.2) is 30.6 Å². The molecule has 1 N–H and O–H groups in total. The standard InChI is InChI=1S/C20H25N5O2/c26-19(15-7-8-18(22-13-15)27-17-5-1-2-6-17)23-14-16-9-10-21-20(24-16)25-11-3-4-12-25/h7-10,13,17H,1-6,11-12,14H2,(H,23,26). The molecule has 2 fully saturated rings. The van der Waals surface area contributed by atoms with E-state index in [4.69, 9.17) is 4.74 Å². The predicted molar refractivity (Wildman–Crippen MR) is 102 cm³/mol. The zero-order valence-corrected chi connectivity index (χ0v) is 15.4. The van der Waals surface area contributed by atoms with Gasteiger partial charge in [-0.3, -0.25) is 4.79 Å². The topological polar surface area (TPSA) is 80.2 Å². The van der Waals surface area contributed by atoms with Gasteiger partial charge in [0.25, 0.3) is 5.91 Å². The van der Waals surface area contributed by atoms with E-state index in [1.54, 1.807) is 24.5 Å². The van der Waals surface area contributed by atoms with Crippen LogP contribution in [0, 0.1) is 0 Å². The number of carbonyl (C=O) groups excluding carboxylic acids is 1. The van der Waals surface area contributed by atoms with Crippen LogP contribution < -0.4 is 15.0 Å². The summed E-state index contributed by atoms with van der Waals surface area (Å²) in [6.07, 6.45) is 10.5. The Bertz CT molecular complexity index is 768. The summed E-state index contributed by atoms with van der Waals surface area (Å²) >= 11 is 0. The molecule has 2 aromatic heterocycles. The van der Waals surface area contributed by atoms with Gasteiger partial charge in [-0.2, -0.15) is 0 Å². The number of rotatable bonds is 6. The summed E-state index contributed by atoms with van der Waals surface area (Å²) in [6, 6.07) is 5.35. The first-order valence-electron chi connectivity index (χ1n) is 9.76. The van der Waals surface area contributed by atoms with Crippen LogP contribution in [-0.4, -0.2) is 40.1 Å². The molecule has 4 rings (SSSR count). The average molecular weight is 367 g/mol. The van der Waals surface area contributed by atoms with Crippen molar-refractivity contribution < 1.29 is 9.53 Å². The first-order valence-corrected chi connectivity index (χ1v) is 9.76. The maximum atomic E-state index is 12.4. The summed E-state index contributed by atoms with van der Waals surface area (Å²) in [4.78, 5) is 27.7. The number of ether oxygens (including phenoxy) is 1. The molecular formula is C20H25N5O2. The maximum Gasteiger partial charge on any atom is 0.253 e. The molecule has 27 heavy (non-hydrogen) atoms. The maximum absolute atomic E-state index is 12.4. The van der Waals surface area contributed by atoms with Crippen molar-refractivity contribution in [3.8, 4) is 5.88 Å². The van der Waals surface area contributed by atoms with E-state index in [0.29, 0.717) is 18.0 Å². The Balaban J connectivity index is 1.31. The highest BCUT2D eigenvalue weighted by Crippen LogP contribution is 2.23. The summed E-state index contributed by atoms with van der Waals surface area (Å²) < 4.78 is 5.84. The second kappa shape index (κ2) is 8.33. The van der Waals surface area contributed by atoms with Crippen LogP contribution >= 0.6 is 0 Å². The summed E-state index contributed by atoms with van der Waals surface area (Å²) in [5, 5.41) is 2.90. The highest BCUT2D eigenvalue weighted by atomic mass is 16.5. The Morgan fingerprint density at radius 2 is 1.93 bits per heavy atom. The summed E-state index contributed by atoms with van der Waals surface area (Å²) in [5.74, 6) is 1.16. The van der Waals surface area contributed by atoms with Crippen LogP contribution in [0.1, 0.15) is 54.6 Å². The van der Waals surface area contributed by atoms with Gasteiger partial charge in [0.15, 0.2) is 0 Å². The third-order valence-electron chi connectivity index (χ3n) is 5.11. The fourth-order valence-electron chi connectivity index (χ4n) is 3.59. The van der Waals surface area contributed by atoms with Crippen LogP contribution in [0.3, 0.4) is 0 Å². The lowest BCUT2D eigenvalue weighted by Gasteiger charge is -2.15. The number of aromatic nitrogens is 3. The monoisotopic (exact) mass is 367 g/mol. The second-order valence-electron chi connectivity index (χ2n) is 7.13. The normalized spacial score (nSPS) is 17.3. The van der Waals surface area contributed by atoms with E-state index in [2.05, 4.69) is 25.2 Å². The number of pyridine rings is 1. The molecule has 3 heterocycles. The fraction of sp³-hybridized carbons (Fsp3) is 0.500. The highest BCUT2D eigenvalue weighted by molar-refractivity contribution is 5.93. The van der Waals surface area contributed by atoms with Gasteiger partial charge in [-0.05, 0) is 50.7 Å². The first kappa shape index (κ1) is 17.7. The van der Waals surface area contributed by atoms with Gasteiger partial charge < -0.3 is 15.0 Å². The molecule has 0 spiro atoms. The molecule has 7 heteroatoms. The molecule has 0 aromatic carbocycles. The zero-order valence-electron chi connectivity index (χ0n) is 15.4. The van der Waals surface area contributed by atoms with Crippen LogP contribution in [0.25, 0.3) is 0 Å². The quantitative estimate of drug-likeness (QED) is 0.846. The van der Waals surface area contributed by atoms with Crippen molar-refractivity contribution in [3.05, 3.63) is 41.9 Å². The van der Waals surface area contributed by atoms with Crippen LogP contribution in [0.2, 0.25) is 0 Å². The number of anilines is 1. The molecule has 2 aliphatic rings. The van der Waals surface area contributed by atoms with Crippen molar-refractivity contribution in [3.63, 3.8) is 0 Å². The molecule has 1 amide bonds. The van der Waals surface area contributed by atoms with Crippen molar-refractivity contribution in [2.24, 2.45) is 0 Å². The Hall–Kier alpha value is -2.70. The van der Waals surface area contributed by atoms with Gasteiger partial charge in [0.05, 0.1) is 17.8 Å². The lowest BCUT2D eigenvalue weighted by molar-refractivity contribution is 0.0950. The van der Waals surface area contributed by atoms with E-state index in [0.717, 1.165) is 37.6 Å². The molecule has 1 aliphatic heterocycles. The lowest BCUT2D eigenvalue weighted by Crippen LogP contribution is -2.25. The number of hydrogen-bond donors (Lipinski definition) is 1. The summed E-state index contributed by atoms with van der Waals surface area (Å²) in [5.41, 5.74) is 1.32. The molecule has 7 nitrogen and oxygen atoms in total. The molecule has 1 saturated heterocycles. The number of nitrogens with one attached hydrogen (secondary N) is 1. The average Bonchev–Trinajstić information content (AvgIpc) is 3.41. The zero-order chi connectivity index (χ0) is 18.5. The molecule has 1 saturated carbocycles. The van der Waals surface area contributed by atoms with Gasteiger partial charge >= 0.3 is 0 Å². The van der Waals surface area contributed by atoms with Gasteiger partial charge in [0.1, 0.15) is 6.10 Å². The van der Waals surface area contributed by atoms with Crippen molar-refractivity contribution in [1.29, 1.82) is 0 Å². The van der Waals surface area contributed by atoms with Gasteiger partial charge in [-0.15, -0.1) is 0 Å². The van der Waals surface area contributed by atoms with E-state index in [1.165, 1.54) is 25.7 Å². The third-order valence-corrected chi connectivity index (χ3v) is 5.11. The van der Waals surface area contributed by atoms with E-state index < -0.39 is 0 Å². The summed E-state index contributed by atoms with van der Waals surface area (Å²) in [6.45, 7) is 2.36. The molecule has 1 aliphatic carbocycles. The fourth-order valence-corrected chi connectivity index (χ4v) is 3.59. The number of amides is 1. The predicted octanol–water partition coefficient (Wildman–Crippen LogP) is 2.72. The van der Waals surface area contributed by atoms with E-state index in [9.17, 15) is 4.79 Å². The Kier molecular flexibility index (Phi) is 5.46. The van der Waals surface area contributed by atoms with Gasteiger partial charge in [-0.25, -0.2) is 15.0 Å². The van der Waals surface area contributed by atoms with Gasteiger partial charge in [0, 0.05) is 31.5 Å². The molecule has 2 aromatic rings. The molecule has 0 unspecified atom stereocenters. The minimum atomic E-state index is -0.170. The van der Waals surface area contributed by atoms with Gasteiger partial charge in [-0.1, -0.05) is 0 Å². The Labute approximate surface area is 159 Å². The van der Waals surface area contributed by atoms with E-state index in [-0.39, 0.29) is 12.0 Å². The molecule has 142 valence electrons. The largest absolute Gasteiger partial charge is 0.474 e. The minimum Gasteiger partial charge on any atom is -0.474 e. The second-order valence-corrected chi connectivity index (χ2v) is 7.13. The minimum absolute atomic E-state index is 0.170. The summed E-state index contributed by atoms with van der Waals surface area (Å²) in [7, 11) is 0. The molecular weight excluding hydrogens is 342 g/mol. The van der Waals surface area contributed by atoms with Crippen molar-refractivity contribution in [2.45, 2.75) is 51.2 Å². The van der Waals surface area contributed by atoms with Crippen LogP contribution in [0.4, 0.5) is 5.95 Å². The van der Waals surface area contributed by atoms with Crippen molar-refractivity contribution in [1.82, 2.24) is 20.3 Å². The Morgan fingerprint density at radius 3 is 2.67 bits per heavy atom. The smallest absolute Gasteiger partial charge is 0.253 e. The number of hydrogen-bond acceptors (Lipinski definition) is 6. The van der Waals surface area contributed by atoms with Crippen LogP contribution in [0.5, 0.6) is 5.88 Å². The lowest BCUT2D eigenvalue weighted by atomic mass is 10.2. The van der Waals surface area contributed by atoms with Crippen molar-refractivity contribution in [2.75, 3.05) is 18.0 Å². The van der Waals surface area contributed by atoms with Crippen molar-refractivity contribution >= 4 is 11.9 Å². The number of nitrogens with zero attached hydrogens (tertiary/aromatic N) is 4. The van der Waals surface area contributed by atoms with Crippen LogP contribution in [-0.2, 0) is 6.54 Å². The van der Waals surface area contributed by atoms with E-state index in [1.807, 2.05) is 6.07 Å². The Morgan fingerprint density at radius 1 is 1.11 bits per heavy atom. The molecule has 0 bridgehead atoms. The first-order chi connectivity index (χ1) is 13.3. The third kappa shape index (κ3) is 4.53. The molecule has 0 atom stereocenters. The SMILES string of the molecule is O=C(NCc1ccnc(N2CCCC2)n1)c1ccc(OC2CCCC2)nc1. The molecule has 0 radical (unpaired) electrons. The van der Waals surface area contributed by atoms with Gasteiger partial charge in [0.2, 0.25) is 11.8 Å². The highest BCUT2D eigenvalue weighted by Gasteiger charge is 2.17.